The van der Waals surface area contributed by atoms with Crippen molar-refractivity contribution in [3.05, 3.63) is 47.8 Å². The van der Waals surface area contributed by atoms with Crippen LogP contribution in [-0.4, -0.2) is 56.6 Å². The maximum Gasteiger partial charge on any atom is 0.237 e. The summed E-state index contributed by atoms with van der Waals surface area (Å²) >= 11 is 0. The van der Waals surface area contributed by atoms with Crippen LogP contribution in [-0.2, 0) is 11.2 Å². The van der Waals surface area contributed by atoms with Gasteiger partial charge in [0.05, 0.1) is 27.4 Å². The summed E-state index contributed by atoms with van der Waals surface area (Å²) < 4.78 is 16.0. The van der Waals surface area contributed by atoms with E-state index >= 15 is 0 Å². The number of ether oxygens (including phenoxy) is 3. The number of ketones is 1. The third-order valence-corrected chi connectivity index (χ3v) is 5.32. The van der Waals surface area contributed by atoms with Crippen molar-refractivity contribution in [3.8, 4) is 17.2 Å². The number of carbonyl (C=O) groups is 2. The fraction of sp³-hybridized carbons (Fsp3) is 0.435. The van der Waals surface area contributed by atoms with E-state index in [2.05, 4.69) is 15.6 Å². The molecule has 8 nitrogen and oxygen atoms in total. The van der Waals surface area contributed by atoms with Gasteiger partial charge in [-0.1, -0.05) is 6.07 Å². The Hall–Kier alpha value is -3.13. The van der Waals surface area contributed by atoms with Crippen molar-refractivity contribution in [2.75, 3.05) is 27.9 Å². The lowest BCUT2D eigenvalue weighted by atomic mass is 9.98. The monoisotopic (exact) mass is 427 g/mol. The minimum atomic E-state index is -0.392. The Morgan fingerprint density at radius 3 is 2.45 bits per heavy atom. The predicted octanol–water partition coefficient (Wildman–Crippen LogP) is 2.16. The highest BCUT2D eigenvalue weighted by Crippen LogP contribution is 2.38. The number of rotatable bonds is 10. The van der Waals surface area contributed by atoms with Crippen molar-refractivity contribution < 1.29 is 23.8 Å². The topological polar surface area (TPSA) is 98.8 Å². The minimum Gasteiger partial charge on any atom is -0.493 e. The van der Waals surface area contributed by atoms with Gasteiger partial charge in [0, 0.05) is 36.3 Å². The molecule has 2 heterocycles. The summed E-state index contributed by atoms with van der Waals surface area (Å²) in [7, 11) is 4.52. The van der Waals surface area contributed by atoms with Crippen LogP contribution in [0.1, 0.15) is 35.3 Å². The molecule has 0 spiro atoms. The molecule has 1 amide bonds. The minimum absolute atomic E-state index is 0.0869. The highest BCUT2D eigenvalue weighted by molar-refractivity contribution is 5.98. The van der Waals surface area contributed by atoms with E-state index in [1.807, 2.05) is 18.2 Å². The first kappa shape index (κ1) is 22.6. The van der Waals surface area contributed by atoms with Crippen molar-refractivity contribution in [2.45, 2.75) is 37.8 Å². The number of carbonyl (C=O) groups excluding carboxylic acids is 2. The summed E-state index contributed by atoms with van der Waals surface area (Å²) in [6, 6.07) is 8.25. The van der Waals surface area contributed by atoms with E-state index in [9.17, 15) is 9.59 Å². The number of Topliss-reactive ketones (excluding diaryl/α,β-unsaturated/α-hetero) is 1. The van der Waals surface area contributed by atoms with Gasteiger partial charge in [-0.15, -0.1) is 0 Å². The van der Waals surface area contributed by atoms with Gasteiger partial charge in [-0.25, -0.2) is 0 Å². The summed E-state index contributed by atoms with van der Waals surface area (Å²) in [6.45, 7) is 0.827. The van der Waals surface area contributed by atoms with Crippen LogP contribution in [0.4, 0.5) is 0 Å². The molecule has 3 rings (SSSR count). The number of nitrogens with one attached hydrogen (secondary N) is 2. The van der Waals surface area contributed by atoms with Gasteiger partial charge in [0.2, 0.25) is 11.7 Å². The first-order chi connectivity index (χ1) is 15.0. The standard InChI is InChI=1S/C23H29N3O5/c1-29-20-11-15(12-21(30-2)22(20)31-3)19(27)14-17(13-16-7-4-5-9-24-16)26-23(28)18-8-6-10-25-18/h4-5,7,9,11-12,17-18,25H,6,8,10,13-14H2,1-3H3,(H,26,28)/t17?,18-/m0/s1. The zero-order valence-electron chi connectivity index (χ0n) is 18.1. The molecule has 1 aromatic heterocycles. The lowest BCUT2D eigenvalue weighted by Gasteiger charge is -2.21. The summed E-state index contributed by atoms with van der Waals surface area (Å²) in [5.41, 5.74) is 1.23. The van der Waals surface area contributed by atoms with Crippen LogP contribution >= 0.6 is 0 Å². The van der Waals surface area contributed by atoms with Crippen molar-refractivity contribution in [1.82, 2.24) is 15.6 Å². The van der Waals surface area contributed by atoms with Crippen LogP contribution in [0.25, 0.3) is 0 Å². The summed E-state index contributed by atoms with van der Waals surface area (Å²) in [6.07, 6.45) is 4.03. The molecule has 1 aliphatic rings. The van der Waals surface area contributed by atoms with E-state index < -0.39 is 6.04 Å². The molecule has 1 aromatic carbocycles. The fourth-order valence-corrected chi connectivity index (χ4v) is 3.74. The summed E-state index contributed by atoms with van der Waals surface area (Å²) in [5, 5.41) is 6.23. The van der Waals surface area contributed by atoms with E-state index in [1.165, 1.54) is 21.3 Å². The van der Waals surface area contributed by atoms with Gasteiger partial charge in [-0.3, -0.25) is 14.6 Å². The molecule has 1 fully saturated rings. The lowest BCUT2D eigenvalue weighted by Crippen LogP contribution is -2.46. The molecule has 1 unspecified atom stereocenters. The van der Waals surface area contributed by atoms with Gasteiger partial charge in [-0.05, 0) is 43.7 Å². The van der Waals surface area contributed by atoms with Crippen molar-refractivity contribution in [1.29, 1.82) is 0 Å². The van der Waals surface area contributed by atoms with Gasteiger partial charge in [0.1, 0.15) is 0 Å². The average molecular weight is 428 g/mol. The number of nitrogens with zero attached hydrogens (tertiary/aromatic N) is 1. The Labute approximate surface area is 182 Å². The third kappa shape index (κ3) is 5.73. The highest BCUT2D eigenvalue weighted by Gasteiger charge is 2.26. The zero-order chi connectivity index (χ0) is 22.2. The quantitative estimate of drug-likeness (QED) is 0.561. The van der Waals surface area contributed by atoms with Gasteiger partial charge in [0.15, 0.2) is 17.3 Å². The number of benzene rings is 1. The van der Waals surface area contributed by atoms with Crippen molar-refractivity contribution in [3.63, 3.8) is 0 Å². The fourth-order valence-electron chi connectivity index (χ4n) is 3.74. The van der Waals surface area contributed by atoms with Crippen LogP contribution < -0.4 is 24.8 Å². The molecule has 2 atom stereocenters. The normalized spacial score (nSPS) is 16.4. The number of pyridine rings is 1. The second kappa shape index (κ2) is 10.8. The van der Waals surface area contributed by atoms with Crippen LogP contribution in [0.2, 0.25) is 0 Å². The second-order valence-corrected chi connectivity index (χ2v) is 7.42. The Bertz CT molecular complexity index is 872. The summed E-state index contributed by atoms with van der Waals surface area (Å²) in [4.78, 5) is 30.2. The van der Waals surface area contributed by atoms with Gasteiger partial charge in [-0.2, -0.15) is 0 Å². The number of amides is 1. The first-order valence-corrected chi connectivity index (χ1v) is 10.3. The van der Waals surface area contributed by atoms with E-state index in [0.717, 1.165) is 25.1 Å². The number of aromatic nitrogens is 1. The second-order valence-electron chi connectivity index (χ2n) is 7.42. The molecule has 166 valence electrons. The van der Waals surface area contributed by atoms with Gasteiger partial charge >= 0.3 is 0 Å². The molecular weight excluding hydrogens is 398 g/mol. The van der Waals surface area contributed by atoms with Crippen molar-refractivity contribution >= 4 is 11.7 Å². The Balaban J connectivity index is 1.80. The molecule has 2 N–H and O–H groups in total. The maximum atomic E-state index is 13.1. The predicted molar refractivity (Wildman–Crippen MR) is 116 cm³/mol. The van der Waals surface area contributed by atoms with Crippen LogP contribution in [0.3, 0.4) is 0 Å². The summed E-state index contributed by atoms with van der Waals surface area (Å²) in [5.74, 6) is 1.01. The molecule has 0 bridgehead atoms. The highest BCUT2D eigenvalue weighted by atomic mass is 16.5. The SMILES string of the molecule is COc1cc(C(=O)CC(Cc2ccccn2)NC(=O)[C@@H]2CCCN2)cc(OC)c1OC. The van der Waals surface area contributed by atoms with Gasteiger partial charge < -0.3 is 24.8 Å². The Morgan fingerprint density at radius 2 is 1.90 bits per heavy atom. The lowest BCUT2D eigenvalue weighted by molar-refractivity contribution is -0.123. The third-order valence-electron chi connectivity index (χ3n) is 5.32. The molecule has 0 aliphatic carbocycles. The largest absolute Gasteiger partial charge is 0.493 e. The van der Waals surface area contributed by atoms with Crippen LogP contribution in [0, 0.1) is 0 Å². The Kier molecular flexibility index (Phi) is 7.83. The number of hydrogen-bond acceptors (Lipinski definition) is 7. The van der Waals surface area contributed by atoms with E-state index in [0.29, 0.717) is 29.2 Å². The van der Waals surface area contributed by atoms with E-state index in [1.54, 1.807) is 18.3 Å². The van der Waals surface area contributed by atoms with Gasteiger partial charge in [0.25, 0.3) is 0 Å². The smallest absolute Gasteiger partial charge is 0.237 e. The van der Waals surface area contributed by atoms with Crippen molar-refractivity contribution in [2.24, 2.45) is 0 Å². The zero-order valence-corrected chi connectivity index (χ0v) is 18.1. The molecule has 31 heavy (non-hydrogen) atoms. The molecule has 2 aromatic rings. The molecule has 1 aliphatic heterocycles. The molecule has 0 radical (unpaired) electrons. The van der Waals surface area contributed by atoms with Crippen LogP contribution in [0.15, 0.2) is 36.5 Å². The molecule has 0 saturated carbocycles. The first-order valence-electron chi connectivity index (χ1n) is 10.3. The van der Waals surface area contributed by atoms with Crippen LogP contribution in [0.5, 0.6) is 17.2 Å². The molecular formula is C23H29N3O5. The number of hydrogen-bond donors (Lipinski definition) is 2. The van der Waals surface area contributed by atoms with E-state index in [4.69, 9.17) is 14.2 Å². The molecule has 8 heteroatoms. The van der Waals surface area contributed by atoms with E-state index in [-0.39, 0.29) is 24.2 Å². The maximum absolute atomic E-state index is 13.1. The average Bonchev–Trinajstić information content (AvgIpc) is 3.33. The Morgan fingerprint density at radius 1 is 1.16 bits per heavy atom. The molecule has 1 saturated heterocycles. The number of methoxy groups -OCH3 is 3.